The molecule has 3 aromatic rings. The maximum absolute atomic E-state index is 12.9. The van der Waals surface area contributed by atoms with Crippen LogP contribution in [0.2, 0.25) is 0 Å². The number of nitrogens with zero attached hydrogens (tertiary/aromatic N) is 3. The average molecular weight is 463 g/mol. The Bertz CT molecular complexity index is 1120. The van der Waals surface area contributed by atoms with Gasteiger partial charge in [-0.3, -0.25) is 4.79 Å². The van der Waals surface area contributed by atoms with E-state index in [0.717, 1.165) is 23.4 Å². The van der Waals surface area contributed by atoms with Crippen molar-refractivity contribution in [3.8, 4) is 0 Å². The van der Waals surface area contributed by atoms with Crippen molar-refractivity contribution in [3.63, 3.8) is 0 Å². The summed E-state index contributed by atoms with van der Waals surface area (Å²) >= 11 is 1.69. The number of para-hydroxylation sites is 1. The fraction of sp³-hybridized carbons (Fsp3) is 0.476. The molecule has 31 heavy (non-hydrogen) atoms. The number of aryl methyl sites for hydroxylation is 3. The molecule has 166 valence electrons. The standard InChI is InChI=1S/C21H26N4O4S2/c1-14-20(15(2)29-24-14)31(27,28)25-12-9-16(10-13-25)21(26)22-11-5-8-19-23-17-6-3-4-7-18(17)30-19/h3-4,6-7,16H,5,8-13H2,1-2H3,(H,22,26). The van der Waals surface area contributed by atoms with E-state index in [-0.39, 0.29) is 16.7 Å². The Kier molecular flexibility index (Phi) is 6.40. The van der Waals surface area contributed by atoms with Crippen molar-refractivity contribution in [1.82, 2.24) is 19.8 Å². The van der Waals surface area contributed by atoms with Crippen molar-refractivity contribution >= 4 is 37.5 Å². The van der Waals surface area contributed by atoms with Crippen LogP contribution in [0.25, 0.3) is 10.2 Å². The van der Waals surface area contributed by atoms with Gasteiger partial charge in [-0.2, -0.15) is 4.31 Å². The fourth-order valence-corrected chi connectivity index (χ4v) is 6.72. The Balaban J connectivity index is 1.24. The maximum atomic E-state index is 12.9. The Morgan fingerprint density at radius 3 is 2.68 bits per heavy atom. The Morgan fingerprint density at radius 1 is 1.26 bits per heavy atom. The number of amides is 1. The molecule has 0 atom stereocenters. The third-order valence-corrected chi connectivity index (χ3v) is 8.84. The molecule has 1 N–H and O–H groups in total. The van der Waals surface area contributed by atoms with Crippen LogP contribution in [-0.2, 0) is 21.2 Å². The van der Waals surface area contributed by atoms with Gasteiger partial charge in [-0.1, -0.05) is 17.3 Å². The quantitative estimate of drug-likeness (QED) is 0.541. The molecule has 1 saturated heterocycles. The van der Waals surface area contributed by atoms with Gasteiger partial charge in [0.2, 0.25) is 15.9 Å². The third-order valence-electron chi connectivity index (χ3n) is 5.60. The first-order valence-corrected chi connectivity index (χ1v) is 12.7. The number of thiazole rings is 1. The number of aromatic nitrogens is 2. The first kappa shape index (κ1) is 21.9. The van der Waals surface area contributed by atoms with Gasteiger partial charge in [-0.15, -0.1) is 11.3 Å². The van der Waals surface area contributed by atoms with Crippen LogP contribution in [0.15, 0.2) is 33.7 Å². The highest BCUT2D eigenvalue weighted by Crippen LogP contribution is 2.28. The monoisotopic (exact) mass is 462 g/mol. The molecular weight excluding hydrogens is 436 g/mol. The Morgan fingerprint density at radius 2 is 2.00 bits per heavy atom. The van der Waals surface area contributed by atoms with E-state index < -0.39 is 10.0 Å². The van der Waals surface area contributed by atoms with Crippen LogP contribution >= 0.6 is 11.3 Å². The Labute approximate surface area is 185 Å². The number of benzene rings is 1. The molecule has 1 amide bonds. The lowest BCUT2D eigenvalue weighted by molar-refractivity contribution is -0.126. The molecule has 0 unspecified atom stereocenters. The number of piperidine rings is 1. The molecular formula is C21H26N4O4S2. The lowest BCUT2D eigenvalue weighted by Gasteiger charge is -2.30. The van der Waals surface area contributed by atoms with Crippen molar-refractivity contribution in [2.75, 3.05) is 19.6 Å². The second kappa shape index (κ2) is 9.05. The smallest absolute Gasteiger partial charge is 0.248 e. The van der Waals surface area contributed by atoms with E-state index in [1.807, 2.05) is 18.2 Å². The van der Waals surface area contributed by atoms with Crippen molar-refractivity contribution < 1.29 is 17.7 Å². The average Bonchev–Trinajstić information content (AvgIpc) is 3.33. The molecule has 0 saturated carbocycles. The topological polar surface area (TPSA) is 105 Å². The number of fused-ring (bicyclic) bond motifs is 1. The molecule has 0 radical (unpaired) electrons. The molecule has 0 aliphatic carbocycles. The number of carbonyl (C=O) groups is 1. The van der Waals surface area contributed by atoms with Crippen LogP contribution < -0.4 is 5.32 Å². The molecule has 8 nitrogen and oxygen atoms in total. The van der Waals surface area contributed by atoms with E-state index in [2.05, 4.69) is 21.5 Å². The normalized spacial score (nSPS) is 16.1. The predicted octanol–water partition coefficient (Wildman–Crippen LogP) is 3.05. The van der Waals surface area contributed by atoms with Gasteiger partial charge in [0.1, 0.15) is 10.6 Å². The van der Waals surface area contributed by atoms with E-state index >= 15 is 0 Å². The second-order valence-corrected chi connectivity index (χ2v) is 10.8. The van der Waals surface area contributed by atoms with E-state index in [1.54, 1.807) is 25.2 Å². The van der Waals surface area contributed by atoms with Crippen LogP contribution in [-0.4, -0.2) is 48.4 Å². The summed E-state index contributed by atoms with van der Waals surface area (Å²) in [7, 11) is -3.65. The van der Waals surface area contributed by atoms with Gasteiger partial charge >= 0.3 is 0 Å². The number of hydrogen-bond donors (Lipinski definition) is 1. The molecule has 0 spiro atoms. The molecule has 1 aromatic carbocycles. The lowest BCUT2D eigenvalue weighted by atomic mass is 9.97. The summed E-state index contributed by atoms with van der Waals surface area (Å²) in [5.74, 6) is 0.128. The van der Waals surface area contributed by atoms with Gasteiger partial charge in [0.05, 0.1) is 15.2 Å². The number of hydrogen-bond acceptors (Lipinski definition) is 7. The summed E-state index contributed by atoms with van der Waals surface area (Å²) < 4.78 is 33.4. The van der Waals surface area contributed by atoms with Crippen molar-refractivity contribution in [1.29, 1.82) is 0 Å². The minimum absolute atomic E-state index is 0.00122. The van der Waals surface area contributed by atoms with Crippen LogP contribution in [0, 0.1) is 19.8 Å². The van der Waals surface area contributed by atoms with Crippen LogP contribution in [0.4, 0.5) is 0 Å². The number of carbonyl (C=O) groups excluding carboxylic acids is 1. The highest BCUT2D eigenvalue weighted by Gasteiger charge is 2.35. The van der Waals surface area contributed by atoms with E-state index in [9.17, 15) is 13.2 Å². The molecule has 10 heteroatoms. The van der Waals surface area contributed by atoms with Crippen molar-refractivity contribution in [3.05, 3.63) is 40.7 Å². The molecule has 1 fully saturated rings. The van der Waals surface area contributed by atoms with Gasteiger partial charge in [0, 0.05) is 32.0 Å². The number of sulfonamides is 1. The van der Waals surface area contributed by atoms with Gasteiger partial charge < -0.3 is 9.84 Å². The number of rotatable bonds is 7. The zero-order valence-electron chi connectivity index (χ0n) is 17.6. The summed E-state index contributed by atoms with van der Waals surface area (Å²) in [5.41, 5.74) is 1.38. The SMILES string of the molecule is Cc1noc(C)c1S(=O)(=O)N1CCC(C(=O)NCCCc2nc3ccccc3s2)CC1. The zero-order chi connectivity index (χ0) is 22.0. The van der Waals surface area contributed by atoms with Crippen molar-refractivity contribution in [2.24, 2.45) is 5.92 Å². The van der Waals surface area contributed by atoms with E-state index in [0.29, 0.717) is 43.9 Å². The molecule has 0 bridgehead atoms. The zero-order valence-corrected chi connectivity index (χ0v) is 19.3. The van der Waals surface area contributed by atoms with Crippen LogP contribution in [0.1, 0.15) is 35.7 Å². The molecule has 1 aliphatic heterocycles. The van der Waals surface area contributed by atoms with E-state index in [1.165, 1.54) is 9.01 Å². The fourth-order valence-electron chi connectivity index (χ4n) is 3.95. The summed E-state index contributed by atoms with van der Waals surface area (Å²) in [6.07, 6.45) is 2.66. The molecule has 3 heterocycles. The summed E-state index contributed by atoms with van der Waals surface area (Å²) in [4.78, 5) is 17.3. The molecule has 2 aromatic heterocycles. The summed E-state index contributed by atoms with van der Waals surface area (Å²) in [6, 6.07) is 8.07. The van der Waals surface area contributed by atoms with Gasteiger partial charge in [0.25, 0.3) is 0 Å². The Hall–Kier alpha value is -2.30. The third kappa shape index (κ3) is 4.65. The van der Waals surface area contributed by atoms with Gasteiger partial charge in [-0.25, -0.2) is 13.4 Å². The first-order chi connectivity index (χ1) is 14.9. The largest absolute Gasteiger partial charge is 0.360 e. The molecule has 4 rings (SSSR count). The van der Waals surface area contributed by atoms with Gasteiger partial charge in [0.15, 0.2) is 5.76 Å². The molecule has 1 aliphatic rings. The highest BCUT2D eigenvalue weighted by molar-refractivity contribution is 7.89. The maximum Gasteiger partial charge on any atom is 0.248 e. The van der Waals surface area contributed by atoms with E-state index in [4.69, 9.17) is 4.52 Å². The predicted molar refractivity (Wildman–Crippen MR) is 118 cm³/mol. The van der Waals surface area contributed by atoms with Crippen molar-refractivity contribution in [2.45, 2.75) is 44.4 Å². The van der Waals surface area contributed by atoms with Crippen LogP contribution in [0.5, 0.6) is 0 Å². The minimum Gasteiger partial charge on any atom is -0.360 e. The minimum atomic E-state index is -3.65. The summed E-state index contributed by atoms with van der Waals surface area (Å²) in [6.45, 7) is 4.44. The second-order valence-electron chi connectivity index (χ2n) is 7.80. The summed E-state index contributed by atoms with van der Waals surface area (Å²) in [5, 5.41) is 7.83. The lowest BCUT2D eigenvalue weighted by Crippen LogP contribution is -2.43. The first-order valence-electron chi connectivity index (χ1n) is 10.4. The van der Waals surface area contributed by atoms with Crippen LogP contribution in [0.3, 0.4) is 0 Å². The number of nitrogens with one attached hydrogen (secondary N) is 1. The highest BCUT2D eigenvalue weighted by atomic mass is 32.2. The van der Waals surface area contributed by atoms with Gasteiger partial charge in [-0.05, 0) is 45.2 Å².